The lowest BCUT2D eigenvalue weighted by Gasteiger charge is -2.29. The number of rotatable bonds is 3. The van der Waals surface area contributed by atoms with Gasteiger partial charge in [0.05, 0.1) is 6.04 Å². The maximum absolute atomic E-state index is 4.66. The van der Waals surface area contributed by atoms with Gasteiger partial charge in [0.2, 0.25) is 0 Å². The normalized spacial score (nSPS) is 20.1. The highest BCUT2D eigenvalue weighted by molar-refractivity contribution is 8.13. The third-order valence-electron chi connectivity index (χ3n) is 3.16. The zero-order valence-electron chi connectivity index (χ0n) is 11.4. The molecule has 1 aromatic rings. The van der Waals surface area contributed by atoms with Crippen molar-refractivity contribution < 1.29 is 0 Å². The fraction of sp³-hybridized carbons (Fsp3) is 0.533. The van der Waals surface area contributed by atoms with Crippen LogP contribution in [0.15, 0.2) is 35.3 Å². The Morgan fingerprint density at radius 2 is 2.06 bits per heavy atom. The largest absolute Gasteiger partial charge is 0.358 e. The van der Waals surface area contributed by atoms with Gasteiger partial charge in [-0.05, 0) is 17.4 Å². The van der Waals surface area contributed by atoms with E-state index in [1.807, 2.05) is 11.8 Å². The van der Waals surface area contributed by atoms with Gasteiger partial charge >= 0.3 is 0 Å². The predicted octanol–water partition coefficient (Wildman–Crippen LogP) is 3.86. The fourth-order valence-electron chi connectivity index (χ4n) is 1.98. The molecule has 1 N–H and O–H groups in total. The van der Waals surface area contributed by atoms with Crippen molar-refractivity contribution in [1.82, 2.24) is 5.32 Å². The fourth-order valence-corrected chi connectivity index (χ4v) is 2.98. The van der Waals surface area contributed by atoms with Crippen LogP contribution in [-0.4, -0.2) is 17.5 Å². The molecule has 0 spiro atoms. The summed E-state index contributed by atoms with van der Waals surface area (Å²) in [6.45, 7) is 7.68. The molecular formula is C15H22N2S. The molecule has 98 valence electrons. The standard InChI is InChI=1S/C15H22N2S/c1-4-13(12-8-6-5-7-9-12)17-14-16-10-15(2,3)11-18-14/h5-9,13H,4,10-11H2,1-3H3,(H,16,17). The number of nitrogens with zero attached hydrogens (tertiary/aromatic N) is 1. The van der Waals surface area contributed by atoms with Gasteiger partial charge in [-0.1, -0.05) is 62.9 Å². The van der Waals surface area contributed by atoms with E-state index in [2.05, 4.69) is 61.4 Å². The number of hydrogen-bond acceptors (Lipinski definition) is 3. The first-order chi connectivity index (χ1) is 8.61. The molecule has 0 saturated heterocycles. The maximum atomic E-state index is 4.66. The Kier molecular flexibility index (Phi) is 4.33. The van der Waals surface area contributed by atoms with Crippen LogP contribution in [0, 0.1) is 5.41 Å². The molecule has 3 heteroatoms. The molecule has 0 amide bonds. The molecule has 1 atom stereocenters. The SMILES string of the molecule is CCC(NC1=NCC(C)(C)CS1)c1ccccc1. The molecule has 1 aliphatic rings. The molecule has 0 aliphatic carbocycles. The van der Waals surface area contributed by atoms with Gasteiger partial charge < -0.3 is 5.32 Å². The zero-order valence-corrected chi connectivity index (χ0v) is 12.3. The molecule has 0 radical (unpaired) electrons. The second kappa shape index (κ2) is 5.79. The van der Waals surface area contributed by atoms with Crippen molar-refractivity contribution in [3.63, 3.8) is 0 Å². The highest BCUT2D eigenvalue weighted by Crippen LogP contribution is 2.28. The van der Waals surface area contributed by atoms with Crippen molar-refractivity contribution in [3.05, 3.63) is 35.9 Å². The number of amidine groups is 1. The second-order valence-electron chi connectivity index (χ2n) is 5.59. The number of aliphatic imine (C=N–C) groups is 1. The summed E-state index contributed by atoms with van der Waals surface area (Å²) in [4.78, 5) is 4.66. The average molecular weight is 262 g/mol. The minimum absolute atomic E-state index is 0.338. The van der Waals surface area contributed by atoms with Gasteiger partial charge in [-0.2, -0.15) is 0 Å². The Balaban J connectivity index is 2.02. The van der Waals surface area contributed by atoms with Gasteiger partial charge in [-0.15, -0.1) is 0 Å². The molecule has 1 unspecified atom stereocenters. The minimum atomic E-state index is 0.338. The number of hydrogen-bond donors (Lipinski definition) is 1. The van der Waals surface area contributed by atoms with E-state index in [1.165, 1.54) is 5.56 Å². The highest BCUT2D eigenvalue weighted by atomic mass is 32.2. The van der Waals surface area contributed by atoms with Crippen LogP contribution < -0.4 is 5.32 Å². The first-order valence-corrected chi connectivity index (χ1v) is 7.58. The molecule has 18 heavy (non-hydrogen) atoms. The minimum Gasteiger partial charge on any atom is -0.358 e. The lowest BCUT2D eigenvalue weighted by molar-refractivity contribution is 0.435. The Morgan fingerprint density at radius 3 is 2.61 bits per heavy atom. The summed E-state index contributed by atoms with van der Waals surface area (Å²) in [5.41, 5.74) is 1.68. The van der Waals surface area contributed by atoms with E-state index >= 15 is 0 Å². The summed E-state index contributed by atoms with van der Waals surface area (Å²) in [6.07, 6.45) is 1.08. The van der Waals surface area contributed by atoms with Crippen molar-refractivity contribution in [1.29, 1.82) is 0 Å². The van der Waals surface area contributed by atoms with Gasteiger partial charge in [-0.25, -0.2) is 0 Å². The van der Waals surface area contributed by atoms with E-state index in [0.717, 1.165) is 23.9 Å². The van der Waals surface area contributed by atoms with E-state index in [1.54, 1.807) is 0 Å². The van der Waals surface area contributed by atoms with Crippen LogP contribution in [0.2, 0.25) is 0 Å². The Labute approximate surface area is 114 Å². The van der Waals surface area contributed by atoms with E-state index in [9.17, 15) is 0 Å². The van der Waals surface area contributed by atoms with E-state index < -0.39 is 0 Å². The summed E-state index contributed by atoms with van der Waals surface area (Å²) >= 11 is 1.85. The van der Waals surface area contributed by atoms with Gasteiger partial charge in [0.15, 0.2) is 5.17 Å². The van der Waals surface area contributed by atoms with Crippen LogP contribution in [0.4, 0.5) is 0 Å². The number of benzene rings is 1. The zero-order chi connectivity index (χ0) is 13.0. The average Bonchev–Trinajstić information content (AvgIpc) is 2.39. The van der Waals surface area contributed by atoms with Crippen molar-refractivity contribution in [2.24, 2.45) is 10.4 Å². The van der Waals surface area contributed by atoms with Gasteiger partial charge in [-0.3, -0.25) is 4.99 Å². The Morgan fingerprint density at radius 1 is 1.33 bits per heavy atom. The lowest BCUT2D eigenvalue weighted by atomic mass is 9.97. The molecule has 1 aromatic carbocycles. The quantitative estimate of drug-likeness (QED) is 0.894. The smallest absolute Gasteiger partial charge is 0.157 e. The molecule has 0 saturated carbocycles. The van der Waals surface area contributed by atoms with Crippen molar-refractivity contribution in [2.45, 2.75) is 33.2 Å². The summed E-state index contributed by atoms with van der Waals surface area (Å²) in [7, 11) is 0. The summed E-state index contributed by atoms with van der Waals surface area (Å²) < 4.78 is 0. The topological polar surface area (TPSA) is 24.4 Å². The third kappa shape index (κ3) is 3.52. The molecule has 2 nitrogen and oxygen atoms in total. The summed E-state index contributed by atoms with van der Waals surface area (Å²) in [5.74, 6) is 1.14. The van der Waals surface area contributed by atoms with Gasteiger partial charge in [0.25, 0.3) is 0 Å². The molecule has 0 aromatic heterocycles. The second-order valence-corrected chi connectivity index (χ2v) is 6.55. The molecule has 1 aliphatic heterocycles. The molecule has 0 fully saturated rings. The van der Waals surface area contributed by atoms with Crippen molar-refractivity contribution in [2.75, 3.05) is 12.3 Å². The first-order valence-electron chi connectivity index (χ1n) is 6.59. The Hall–Kier alpha value is -0.960. The van der Waals surface area contributed by atoms with E-state index in [0.29, 0.717) is 11.5 Å². The van der Waals surface area contributed by atoms with Gasteiger partial charge in [0, 0.05) is 12.3 Å². The summed E-state index contributed by atoms with van der Waals surface area (Å²) in [5, 5.41) is 4.67. The first kappa shape index (κ1) is 13.5. The van der Waals surface area contributed by atoms with Crippen LogP contribution in [-0.2, 0) is 0 Å². The lowest BCUT2D eigenvalue weighted by Crippen LogP contribution is -2.33. The number of nitrogens with one attached hydrogen (secondary N) is 1. The molecule has 1 heterocycles. The summed E-state index contributed by atoms with van der Waals surface area (Å²) in [6, 6.07) is 11.0. The van der Waals surface area contributed by atoms with Crippen LogP contribution in [0.25, 0.3) is 0 Å². The van der Waals surface area contributed by atoms with Crippen LogP contribution >= 0.6 is 11.8 Å². The van der Waals surface area contributed by atoms with Crippen molar-refractivity contribution >= 4 is 16.9 Å². The Bertz CT molecular complexity index is 412. The van der Waals surface area contributed by atoms with Crippen LogP contribution in [0.5, 0.6) is 0 Å². The van der Waals surface area contributed by atoms with Gasteiger partial charge in [0.1, 0.15) is 0 Å². The van der Waals surface area contributed by atoms with E-state index in [4.69, 9.17) is 0 Å². The molecular weight excluding hydrogens is 240 g/mol. The highest BCUT2D eigenvalue weighted by Gasteiger charge is 2.24. The molecule has 0 bridgehead atoms. The van der Waals surface area contributed by atoms with Crippen molar-refractivity contribution in [3.8, 4) is 0 Å². The number of thioether (sulfide) groups is 1. The van der Waals surface area contributed by atoms with Crippen LogP contribution in [0.3, 0.4) is 0 Å². The molecule has 2 rings (SSSR count). The van der Waals surface area contributed by atoms with E-state index in [-0.39, 0.29) is 0 Å². The predicted molar refractivity (Wildman–Crippen MR) is 81.2 cm³/mol. The monoisotopic (exact) mass is 262 g/mol. The van der Waals surface area contributed by atoms with Crippen LogP contribution in [0.1, 0.15) is 38.8 Å². The third-order valence-corrected chi connectivity index (χ3v) is 4.60. The maximum Gasteiger partial charge on any atom is 0.157 e.